The average molecular weight is 369 g/mol. The van der Waals surface area contributed by atoms with Crippen molar-refractivity contribution in [2.24, 2.45) is 0 Å². The van der Waals surface area contributed by atoms with E-state index >= 15 is 0 Å². The van der Waals surface area contributed by atoms with E-state index < -0.39 is 0 Å². The van der Waals surface area contributed by atoms with E-state index in [9.17, 15) is 4.79 Å². The molecule has 2 aromatic rings. The largest absolute Gasteiger partial charge is 0.382 e. The molecule has 0 atom stereocenters. The van der Waals surface area contributed by atoms with Gasteiger partial charge >= 0.3 is 0 Å². The number of likely N-dealkylation sites (tertiary alicyclic amines) is 1. The maximum absolute atomic E-state index is 12.2. The number of benzene rings is 1. The second-order valence-corrected chi connectivity index (χ2v) is 6.89. The molecule has 0 radical (unpaired) electrons. The molecule has 3 N–H and O–H groups in total. The molecule has 0 unspecified atom stereocenters. The monoisotopic (exact) mass is 369 g/mol. The number of piperidine rings is 1. The Morgan fingerprint density at radius 1 is 1.22 bits per heavy atom. The number of nitrogens with one attached hydrogen (secondary N) is 1. The molecular weight excluding hydrogens is 342 g/mol. The van der Waals surface area contributed by atoms with Gasteiger partial charge in [-0.15, -0.1) is 0 Å². The zero-order valence-electron chi connectivity index (χ0n) is 15.7. The summed E-state index contributed by atoms with van der Waals surface area (Å²) in [5, 5.41) is 2.94. The number of hydrogen-bond acceptors (Lipinski definition) is 6. The second-order valence-electron chi connectivity index (χ2n) is 6.89. The molecule has 1 aliphatic rings. The van der Waals surface area contributed by atoms with Crippen molar-refractivity contribution in [3.63, 3.8) is 0 Å². The number of nitrogens with zero attached hydrogens (tertiary/aromatic N) is 3. The molecule has 1 aromatic carbocycles. The van der Waals surface area contributed by atoms with E-state index in [1.165, 1.54) is 6.20 Å². The highest BCUT2D eigenvalue weighted by Gasteiger charge is 2.16. The van der Waals surface area contributed by atoms with Crippen LogP contribution in [0.15, 0.2) is 36.7 Å². The van der Waals surface area contributed by atoms with E-state index in [-0.39, 0.29) is 5.91 Å². The van der Waals surface area contributed by atoms with Gasteiger partial charge in [-0.1, -0.05) is 12.1 Å². The van der Waals surface area contributed by atoms with E-state index in [1.54, 1.807) is 18.3 Å². The van der Waals surface area contributed by atoms with Crippen LogP contribution in [0.4, 0.5) is 5.82 Å². The van der Waals surface area contributed by atoms with Crippen LogP contribution in [0, 0.1) is 0 Å². The fraction of sp³-hybridized carbons (Fsp3) is 0.450. The van der Waals surface area contributed by atoms with Crippen molar-refractivity contribution in [2.45, 2.75) is 25.4 Å². The van der Waals surface area contributed by atoms with Crippen LogP contribution >= 0.6 is 0 Å². The molecular formula is C20H27N5O2. The maximum Gasteiger partial charge on any atom is 0.251 e. The normalized spacial score (nSPS) is 15.6. The molecule has 1 aliphatic heterocycles. The molecule has 0 bridgehead atoms. The fourth-order valence-corrected chi connectivity index (χ4v) is 3.06. The Bertz CT molecular complexity index is 725. The summed E-state index contributed by atoms with van der Waals surface area (Å²) < 4.78 is 5.89. The third kappa shape index (κ3) is 5.74. The first-order valence-corrected chi connectivity index (χ1v) is 9.38. The first-order valence-electron chi connectivity index (χ1n) is 9.38. The molecule has 1 aromatic heterocycles. The van der Waals surface area contributed by atoms with Crippen molar-refractivity contribution in [1.29, 1.82) is 0 Å². The molecule has 7 heteroatoms. The molecule has 0 saturated carbocycles. The summed E-state index contributed by atoms with van der Waals surface area (Å²) in [7, 11) is 2.14. The van der Waals surface area contributed by atoms with Crippen LogP contribution in [0.3, 0.4) is 0 Å². The maximum atomic E-state index is 12.2. The Kier molecular flexibility index (Phi) is 6.73. The molecule has 0 aliphatic carbocycles. The molecule has 144 valence electrons. The smallest absolute Gasteiger partial charge is 0.251 e. The topological polar surface area (TPSA) is 93.4 Å². The van der Waals surface area contributed by atoms with Crippen molar-refractivity contribution in [2.75, 3.05) is 39.0 Å². The number of nitrogen functional groups attached to an aromatic ring is 1. The van der Waals surface area contributed by atoms with E-state index in [1.807, 2.05) is 12.1 Å². The molecule has 1 fully saturated rings. The van der Waals surface area contributed by atoms with Gasteiger partial charge in [-0.05, 0) is 38.4 Å². The number of nitrogens with two attached hydrogens (primary N) is 1. The van der Waals surface area contributed by atoms with Crippen molar-refractivity contribution in [1.82, 2.24) is 20.2 Å². The van der Waals surface area contributed by atoms with Gasteiger partial charge in [0.25, 0.3) is 5.91 Å². The lowest BCUT2D eigenvalue weighted by Gasteiger charge is -2.28. The average Bonchev–Trinajstić information content (AvgIpc) is 2.70. The molecule has 2 heterocycles. The van der Waals surface area contributed by atoms with Gasteiger partial charge in [-0.2, -0.15) is 0 Å². The number of carbonyl (C=O) groups excluding carboxylic acids is 1. The van der Waals surface area contributed by atoms with Crippen LogP contribution in [-0.2, 0) is 4.74 Å². The molecule has 0 spiro atoms. The van der Waals surface area contributed by atoms with Gasteiger partial charge in [0.05, 0.1) is 24.2 Å². The van der Waals surface area contributed by atoms with E-state index in [0.29, 0.717) is 30.6 Å². The summed E-state index contributed by atoms with van der Waals surface area (Å²) in [4.78, 5) is 22.8. The summed E-state index contributed by atoms with van der Waals surface area (Å²) in [5.41, 5.74) is 7.79. The van der Waals surface area contributed by atoms with Gasteiger partial charge in [0, 0.05) is 37.4 Å². The van der Waals surface area contributed by atoms with E-state index in [2.05, 4.69) is 27.2 Å². The van der Waals surface area contributed by atoms with Crippen LogP contribution in [0.2, 0.25) is 0 Å². The Balaban J connectivity index is 1.38. The second kappa shape index (κ2) is 9.43. The van der Waals surface area contributed by atoms with Crippen molar-refractivity contribution in [3.8, 4) is 11.3 Å². The minimum atomic E-state index is -0.0794. The minimum absolute atomic E-state index is 0.0794. The molecule has 3 rings (SSSR count). The first kappa shape index (κ1) is 19.3. The lowest BCUT2D eigenvalue weighted by atomic mass is 10.1. The van der Waals surface area contributed by atoms with Gasteiger partial charge in [-0.25, -0.2) is 4.98 Å². The summed E-state index contributed by atoms with van der Waals surface area (Å²) in [6.07, 6.45) is 6.50. The predicted octanol–water partition coefficient (Wildman–Crippen LogP) is 1.96. The minimum Gasteiger partial charge on any atom is -0.382 e. The van der Waals surface area contributed by atoms with Gasteiger partial charge in [0.2, 0.25) is 0 Å². The number of rotatable bonds is 7. The lowest BCUT2D eigenvalue weighted by Crippen LogP contribution is -2.34. The zero-order chi connectivity index (χ0) is 19.1. The summed E-state index contributed by atoms with van der Waals surface area (Å²) in [5.74, 6) is 0.304. The van der Waals surface area contributed by atoms with Crippen LogP contribution in [-0.4, -0.2) is 60.2 Å². The van der Waals surface area contributed by atoms with Crippen LogP contribution < -0.4 is 11.1 Å². The van der Waals surface area contributed by atoms with Crippen LogP contribution in [0.5, 0.6) is 0 Å². The van der Waals surface area contributed by atoms with Gasteiger partial charge < -0.3 is 20.7 Å². The number of anilines is 1. The van der Waals surface area contributed by atoms with Gasteiger partial charge in [0.1, 0.15) is 5.82 Å². The summed E-state index contributed by atoms with van der Waals surface area (Å²) in [6, 6.07) is 7.30. The third-order valence-electron chi connectivity index (χ3n) is 4.74. The predicted molar refractivity (Wildman–Crippen MR) is 105 cm³/mol. The Morgan fingerprint density at radius 2 is 1.96 bits per heavy atom. The quantitative estimate of drug-likeness (QED) is 0.725. The summed E-state index contributed by atoms with van der Waals surface area (Å²) >= 11 is 0. The molecule has 1 amide bonds. The van der Waals surface area contributed by atoms with Crippen molar-refractivity contribution < 1.29 is 9.53 Å². The fourth-order valence-electron chi connectivity index (χ4n) is 3.06. The molecule has 7 nitrogen and oxygen atoms in total. The Hall–Kier alpha value is -2.51. The SMILES string of the molecule is CN1CCC(OCCCNC(=O)c2ccc(-c3cnc(N)cn3)cc2)CC1. The molecule has 1 saturated heterocycles. The van der Waals surface area contributed by atoms with Crippen LogP contribution in [0.25, 0.3) is 11.3 Å². The van der Waals surface area contributed by atoms with Gasteiger partial charge in [-0.3, -0.25) is 9.78 Å². The lowest BCUT2D eigenvalue weighted by molar-refractivity contribution is 0.0117. The number of ether oxygens (including phenoxy) is 1. The van der Waals surface area contributed by atoms with E-state index in [4.69, 9.17) is 10.5 Å². The third-order valence-corrected chi connectivity index (χ3v) is 4.74. The van der Waals surface area contributed by atoms with E-state index in [0.717, 1.165) is 43.6 Å². The highest BCUT2D eigenvalue weighted by Crippen LogP contribution is 2.17. The number of hydrogen-bond donors (Lipinski definition) is 2. The Morgan fingerprint density at radius 3 is 2.63 bits per heavy atom. The first-order chi connectivity index (χ1) is 13.1. The summed E-state index contributed by atoms with van der Waals surface area (Å²) in [6.45, 7) is 3.48. The number of aromatic nitrogens is 2. The zero-order valence-corrected chi connectivity index (χ0v) is 15.7. The van der Waals surface area contributed by atoms with Gasteiger partial charge in [0.15, 0.2) is 0 Å². The highest BCUT2D eigenvalue weighted by atomic mass is 16.5. The number of carbonyl (C=O) groups is 1. The highest BCUT2D eigenvalue weighted by molar-refractivity contribution is 5.94. The Labute approximate surface area is 159 Å². The van der Waals surface area contributed by atoms with Crippen LogP contribution in [0.1, 0.15) is 29.6 Å². The molecule has 27 heavy (non-hydrogen) atoms. The standard InChI is InChI=1S/C20H27N5O2/c1-25-10-7-17(8-11-25)27-12-2-9-22-20(26)16-5-3-15(4-6-16)18-13-24-19(21)14-23-18/h3-6,13-14,17H,2,7-12H2,1H3,(H2,21,24)(H,22,26). The number of amides is 1. The van der Waals surface area contributed by atoms with Crippen molar-refractivity contribution >= 4 is 11.7 Å². The van der Waals surface area contributed by atoms with Crippen molar-refractivity contribution in [3.05, 3.63) is 42.2 Å².